The van der Waals surface area contributed by atoms with Crippen LogP contribution in [0.1, 0.15) is 27.2 Å². The molecule has 8 nitrogen and oxygen atoms in total. The lowest BCUT2D eigenvalue weighted by Crippen LogP contribution is -2.54. The van der Waals surface area contributed by atoms with Gasteiger partial charge in [0.1, 0.15) is 11.6 Å². The van der Waals surface area contributed by atoms with Gasteiger partial charge in [-0.25, -0.2) is 18.3 Å². The first-order valence-electron chi connectivity index (χ1n) is 11.5. The fraction of sp³-hybridized carbons (Fsp3) is 0.222. The van der Waals surface area contributed by atoms with Gasteiger partial charge >= 0.3 is 0 Å². The normalized spacial score (nSPS) is 16.9. The topological polar surface area (TPSA) is 101 Å². The zero-order valence-corrected chi connectivity index (χ0v) is 20.9. The third-order valence-corrected chi connectivity index (χ3v) is 8.22. The Morgan fingerprint density at radius 3 is 2.19 bits per heavy atom. The lowest BCUT2D eigenvalue weighted by molar-refractivity contribution is -0.122. The van der Waals surface area contributed by atoms with Crippen molar-refractivity contribution in [3.05, 3.63) is 78.9 Å². The fourth-order valence-electron chi connectivity index (χ4n) is 4.52. The number of hydrogen-bond acceptors (Lipinski definition) is 6. The molecule has 5 rings (SSSR count). The number of amides is 2. The molecule has 2 heterocycles. The molecule has 0 bridgehead atoms. The van der Waals surface area contributed by atoms with Crippen molar-refractivity contribution in [2.45, 2.75) is 43.7 Å². The minimum atomic E-state index is -4.05. The van der Waals surface area contributed by atoms with Crippen LogP contribution in [-0.2, 0) is 19.6 Å². The van der Waals surface area contributed by atoms with E-state index in [1.165, 1.54) is 12.1 Å². The highest BCUT2D eigenvalue weighted by Gasteiger charge is 2.50. The molecule has 1 saturated heterocycles. The van der Waals surface area contributed by atoms with E-state index in [2.05, 4.69) is 4.98 Å². The largest absolute Gasteiger partial charge is 0.436 e. The molecule has 1 aromatic heterocycles. The van der Waals surface area contributed by atoms with E-state index in [0.717, 1.165) is 14.7 Å². The Hall–Kier alpha value is -3.82. The molecule has 0 saturated carbocycles. The van der Waals surface area contributed by atoms with Gasteiger partial charge < -0.3 is 4.42 Å². The summed E-state index contributed by atoms with van der Waals surface area (Å²) in [5, 5.41) is 0. The zero-order chi connectivity index (χ0) is 25.7. The number of hydrogen-bond donors (Lipinski definition) is 0. The van der Waals surface area contributed by atoms with Gasteiger partial charge in [0.15, 0.2) is 5.58 Å². The van der Waals surface area contributed by atoms with E-state index in [4.69, 9.17) is 4.42 Å². The fourth-order valence-corrected chi connectivity index (χ4v) is 6.47. The van der Waals surface area contributed by atoms with E-state index < -0.39 is 33.4 Å². The van der Waals surface area contributed by atoms with Crippen molar-refractivity contribution in [3.8, 4) is 11.5 Å². The van der Waals surface area contributed by atoms with Crippen molar-refractivity contribution in [3.63, 3.8) is 0 Å². The summed E-state index contributed by atoms with van der Waals surface area (Å²) in [6.45, 7) is 5.13. The first-order valence-corrected chi connectivity index (χ1v) is 12.9. The summed E-state index contributed by atoms with van der Waals surface area (Å²) in [5.41, 5.74) is 1.49. The molecule has 184 valence electrons. The first kappa shape index (κ1) is 23.9. The molecule has 36 heavy (non-hydrogen) atoms. The van der Waals surface area contributed by atoms with Crippen LogP contribution in [0.3, 0.4) is 0 Å². The quantitative estimate of drug-likeness (QED) is 0.369. The Morgan fingerprint density at radius 2 is 1.56 bits per heavy atom. The van der Waals surface area contributed by atoms with Gasteiger partial charge in [0, 0.05) is 11.1 Å². The molecule has 3 aromatic carbocycles. The molecule has 0 aliphatic carbocycles. The Kier molecular flexibility index (Phi) is 5.77. The standard InChI is InChI=1S/C27H25N3O5S/c1-27(2,3)30(36(33,34)20-9-5-4-6-10-20)22-17-24(31)29(26(22)32)19-15-13-18(14-16-19)25-28-21-11-7-8-12-23(21)35-25/h4-16,22H,17H2,1-3H3. The van der Waals surface area contributed by atoms with Gasteiger partial charge in [-0.2, -0.15) is 4.31 Å². The van der Waals surface area contributed by atoms with Crippen LogP contribution in [0.5, 0.6) is 0 Å². The van der Waals surface area contributed by atoms with Gasteiger partial charge in [0.25, 0.3) is 5.91 Å². The van der Waals surface area contributed by atoms with Gasteiger partial charge in [-0.15, -0.1) is 0 Å². The maximum atomic E-state index is 13.6. The summed E-state index contributed by atoms with van der Waals surface area (Å²) < 4.78 is 34.1. The monoisotopic (exact) mass is 503 g/mol. The highest BCUT2D eigenvalue weighted by molar-refractivity contribution is 7.89. The van der Waals surface area contributed by atoms with E-state index in [0.29, 0.717) is 22.7 Å². The molecular weight excluding hydrogens is 478 g/mol. The average Bonchev–Trinajstić information content (AvgIpc) is 3.39. The minimum Gasteiger partial charge on any atom is -0.436 e. The molecule has 2 amide bonds. The number of carbonyl (C=O) groups is 2. The van der Waals surface area contributed by atoms with E-state index in [-0.39, 0.29) is 11.3 Å². The van der Waals surface area contributed by atoms with Crippen LogP contribution in [0, 0.1) is 0 Å². The average molecular weight is 504 g/mol. The number of benzene rings is 3. The van der Waals surface area contributed by atoms with Crippen molar-refractivity contribution in [1.29, 1.82) is 0 Å². The van der Waals surface area contributed by atoms with Gasteiger partial charge in [-0.3, -0.25) is 9.59 Å². The van der Waals surface area contributed by atoms with Crippen molar-refractivity contribution in [2.75, 3.05) is 4.90 Å². The van der Waals surface area contributed by atoms with Crippen LogP contribution in [0.4, 0.5) is 5.69 Å². The minimum absolute atomic E-state index is 0.0707. The predicted molar refractivity (Wildman–Crippen MR) is 136 cm³/mol. The molecule has 4 aromatic rings. The Labute approximate surface area is 209 Å². The van der Waals surface area contributed by atoms with Crippen molar-refractivity contribution in [2.24, 2.45) is 0 Å². The lowest BCUT2D eigenvalue weighted by Gasteiger charge is -2.37. The number of anilines is 1. The van der Waals surface area contributed by atoms with Crippen LogP contribution < -0.4 is 4.90 Å². The number of nitrogens with zero attached hydrogens (tertiary/aromatic N) is 3. The number of oxazole rings is 1. The van der Waals surface area contributed by atoms with Crippen molar-refractivity contribution < 1.29 is 22.4 Å². The smallest absolute Gasteiger partial charge is 0.252 e. The van der Waals surface area contributed by atoms with Gasteiger partial charge in [-0.1, -0.05) is 30.3 Å². The van der Waals surface area contributed by atoms with E-state index in [1.54, 1.807) is 63.2 Å². The molecule has 1 aliphatic rings. The predicted octanol–water partition coefficient (Wildman–Crippen LogP) is 4.62. The van der Waals surface area contributed by atoms with Gasteiger partial charge in [-0.05, 0) is 69.3 Å². The Bertz CT molecular complexity index is 1520. The molecule has 1 fully saturated rings. The summed E-state index contributed by atoms with van der Waals surface area (Å²) in [5.74, 6) is -0.617. The summed E-state index contributed by atoms with van der Waals surface area (Å²) in [7, 11) is -4.05. The lowest BCUT2D eigenvalue weighted by atomic mass is 10.1. The molecule has 0 N–H and O–H groups in total. The molecule has 1 unspecified atom stereocenters. The SMILES string of the molecule is CC(C)(C)N(C1CC(=O)N(c2ccc(-c3nc4ccccc4o3)cc2)C1=O)S(=O)(=O)c1ccccc1. The van der Waals surface area contributed by atoms with Crippen molar-refractivity contribution in [1.82, 2.24) is 9.29 Å². The van der Waals surface area contributed by atoms with Crippen molar-refractivity contribution >= 4 is 38.6 Å². The third-order valence-electron chi connectivity index (χ3n) is 6.03. The van der Waals surface area contributed by atoms with Crippen LogP contribution in [0.15, 0.2) is 88.2 Å². The van der Waals surface area contributed by atoms with Crippen LogP contribution in [0.2, 0.25) is 0 Å². The van der Waals surface area contributed by atoms with Crippen LogP contribution in [-0.4, -0.2) is 41.1 Å². The highest BCUT2D eigenvalue weighted by Crippen LogP contribution is 2.35. The third kappa shape index (κ3) is 4.10. The first-order chi connectivity index (χ1) is 17.1. The summed E-state index contributed by atoms with van der Waals surface area (Å²) in [6, 6.07) is 20.9. The van der Waals surface area contributed by atoms with Crippen LogP contribution >= 0.6 is 0 Å². The van der Waals surface area contributed by atoms with Crippen LogP contribution in [0.25, 0.3) is 22.6 Å². The second kappa shape index (κ2) is 8.69. The van der Waals surface area contributed by atoms with E-state index >= 15 is 0 Å². The molecule has 9 heteroatoms. The number of para-hydroxylation sites is 2. The maximum absolute atomic E-state index is 13.6. The Balaban J connectivity index is 1.46. The second-order valence-corrected chi connectivity index (χ2v) is 11.4. The number of carbonyl (C=O) groups excluding carboxylic acids is 2. The number of imide groups is 1. The molecule has 0 radical (unpaired) electrons. The number of fused-ring (bicyclic) bond motifs is 1. The molecule has 0 spiro atoms. The number of sulfonamides is 1. The maximum Gasteiger partial charge on any atom is 0.252 e. The highest BCUT2D eigenvalue weighted by atomic mass is 32.2. The summed E-state index contributed by atoms with van der Waals surface area (Å²) in [6.07, 6.45) is -0.241. The molecule has 1 atom stereocenters. The Morgan fingerprint density at radius 1 is 0.917 bits per heavy atom. The number of rotatable bonds is 5. The zero-order valence-electron chi connectivity index (χ0n) is 20.1. The number of aromatic nitrogens is 1. The molecular formula is C27H25N3O5S. The van der Waals surface area contributed by atoms with E-state index in [9.17, 15) is 18.0 Å². The summed E-state index contributed by atoms with van der Waals surface area (Å²) in [4.78, 5) is 32.1. The summed E-state index contributed by atoms with van der Waals surface area (Å²) >= 11 is 0. The molecule has 1 aliphatic heterocycles. The van der Waals surface area contributed by atoms with Gasteiger partial charge in [0.2, 0.25) is 21.8 Å². The second-order valence-electron chi connectivity index (χ2n) is 9.61. The van der Waals surface area contributed by atoms with E-state index in [1.807, 2.05) is 24.3 Å². The van der Waals surface area contributed by atoms with Gasteiger partial charge in [0.05, 0.1) is 17.0 Å².